The standard InChI is InChI=1S/C21H28N4O3/c1-15(26)24-11-7-17(8-12-24)21-22-20(16-9-13-28-14-10-16)23-25(21)18-3-5-19(27-2)6-4-18/h3-6,16-17H,7-14H2,1-2H3. The molecule has 1 aromatic carbocycles. The van der Waals surface area contributed by atoms with E-state index in [1.54, 1.807) is 14.0 Å². The van der Waals surface area contributed by atoms with Gasteiger partial charge in [0.05, 0.1) is 12.8 Å². The van der Waals surface area contributed by atoms with Crippen LogP contribution in [0.25, 0.3) is 5.69 Å². The molecule has 0 atom stereocenters. The second kappa shape index (κ2) is 8.31. The Labute approximate surface area is 165 Å². The summed E-state index contributed by atoms with van der Waals surface area (Å²) in [6.45, 7) is 4.75. The molecule has 3 heterocycles. The fourth-order valence-electron chi connectivity index (χ4n) is 4.10. The van der Waals surface area contributed by atoms with Crippen molar-refractivity contribution in [2.75, 3.05) is 33.4 Å². The molecule has 1 amide bonds. The van der Waals surface area contributed by atoms with Crippen LogP contribution >= 0.6 is 0 Å². The van der Waals surface area contributed by atoms with Crippen molar-refractivity contribution in [2.24, 2.45) is 0 Å². The minimum atomic E-state index is 0.151. The van der Waals surface area contributed by atoms with E-state index >= 15 is 0 Å². The second-order valence-corrected chi connectivity index (χ2v) is 7.61. The number of carbonyl (C=O) groups is 1. The Kier molecular flexibility index (Phi) is 5.62. The third-order valence-electron chi connectivity index (χ3n) is 5.86. The lowest BCUT2D eigenvalue weighted by molar-refractivity contribution is -0.129. The highest BCUT2D eigenvalue weighted by Crippen LogP contribution is 2.32. The number of rotatable bonds is 4. The van der Waals surface area contributed by atoms with Crippen LogP contribution in [0.4, 0.5) is 0 Å². The van der Waals surface area contributed by atoms with Gasteiger partial charge in [-0.1, -0.05) is 0 Å². The number of benzene rings is 1. The number of aromatic nitrogens is 3. The number of carbonyl (C=O) groups excluding carboxylic acids is 1. The lowest BCUT2D eigenvalue weighted by Gasteiger charge is -2.30. The molecule has 0 spiro atoms. The quantitative estimate of drug-likeness (QED) is 0.811. The van der Waals surface area contributed by atoms with Crippen molar-refractivity contribution in [3.8, 4) is 11.4 Å². The van der Waals surface area contributed by atoms with E-state index in [1.165, 1.54) is 0 Å². The largest absolute Gasteiger partial charge is 0.497 e. The molecule has 150 valence electrons. The number of methoxy groups -OCH3 is 1. The molecule has 1 aromatic heterocycles. The lowest BCUT2D eigenvalue weighted by atomic mass is 9.95. The summed E-state index contributed by atoms with van der Waals surface area (Å²) >= 11 is 0. The number of hydrogen-bond acceptors (Lipinski definition) is 5. The second-order valence-electron chi connectivity index (χ2n) is 7.61. The van der Waals surface area contributed by atoms with Crippen LogP contribution in [0.15, 0.2) is 24.3 Å². The maximum Gasteiger partial charge on any atom is 0.219 e. The molecule has 7 nitrogen and oxygen atoms in total. The number of amides is 1. The average Bonchev–Trinajstić information content (AvgIpc) is 3.20. The topological polar surface area (TPSA) is 69.5 Å². The smallest absolute Gasteiger partial charge is 0.219 e. The Morgan fingerprint density at radius 1 is 1.07 bits per heavy atom. The van der Waals surface area contributed by atoms with E-state index in [0.717, 1.165) is 75.1 Å². The predicted octanol–water partition coefficient (Wildman–Crippen LogP) is 2.90. The van der Waals surface area contributed by atoms with Gasteiger partial charge in [-0.3, -0.25) is 4.79 Å². The van der Waals surface area contributed by atoms with Crippen LogP contribution in [0.5, 0.6) is 5.75 Å². The van der Waals surface area contributed by atoms with Crippen molar-refractivity contribution in [3.63, 3.8) is 0 Å². The molecule has 0 N–H and O–H groups in total. The SMILES string of the molecule is COc1ccc(-n2nc(C3CCOCC3)nc2C2CCN(C(C)=O)CC2)cc1. The summed E-state index contributed by atoms with van der Waals surface area (Å²) in [6, 6.07) is 7.95. The Morgan fingerprint density at radius 2 is 1.75 bits per heavy atom. The lowest BCUT2D eigenvalue weighted by Crippen LogP contribution is -2.36. The molecule has 7 heteroatoms. The summed E-state index contributed by atoms with van der Waals surface area (Å²) in [5.74, 6) is 3.56. The van der Waals surface area contributed by atoms with E-state index in [9.17, 15) is 4.79 Å². The number of nitrogens with zero attached hydrogens (tertiary/aromatic N) is 4. The van der Waals surface area contributed by atoms with Crippen LogP contribution in [0.3, 0.4) is 0 Å². The zero-order valence-corrected chi connectivity index (χ0v) is 16.6. The molecular formula is C21H28N4O3. The first-order valence-corrected chi connectivity index (χ1v) is 10.1. The third kappa shape index (κ3) is 3.90. The summed E-state index contributed by atoms with van der Waals surface area (Å²) in [5.41, 5.74) is 0.996. The fourth-order valence-corrected chi connectivity index (χ4v) is 4.10. The summed E-state index contributed by atoms with van der Waals surface area (Å²) in [7, 11) is 1.67. The van der Waals surface area contributed by atoms with Gasteiger partial charge in [0.15, 0.2) is 5.82 Å². The molecule has 2 saturated heterocycles. The first kappa shape index (κ1) is 18.9. The maximum atomic E-state index is 11.7. The summed E-state index contributed by atoms with van der Waals surface area (Å²) in [6.07, 6.45) is 3.77. The normalized spacial score (nSPS) is 19.0. The summed E-state index contributed by atoms with van der Waals surface area (Å²) in [5, 5.41) is 4.92. The zero-order valence-electron chi connectivity index (χ0n) is 16.6. The van der Waals surface area contributed by atoms with Gasteiger partial charge < -0.3 is 14.4 Å². The molecular weight excluding hydrogens is 356 g/mol. The molecule has 28 heavy (non-hydrogen) atoms. The van der Waals surface area contributed by atoms with Crippen LogP contribution in [0.1, 0.15) is 56.1 Å². The molecule has 0 bridgehead atoms. The minimum absolute atomic E-state index is 0.151. The molecule has 2 aliphatic heterocycles. The van der Waals surface area contributed by atoms with Crippen molar-refractivity contribution < 1.29 is 14.3 Å². The van der Waals surface area contributed by atoms with Gasteiger partial charge in [0.1, 0.15) is 11.6 Å². The highest BCUT2D eigenvalue weighted by Gasteiger charge is 2.29. The maximum absolute atomic E-state index is 11.7. The van der Waals surface area contributed by atoms with Gasteiger partial charge in [0.25, 0.3) is 0 Å². The average molecular weight is 384 g/mol. The van der Waals surface area contributed by atoms with E-state index in [-0.39, 0.29) is 5.91 Å². The minimum Gasteiger partial charge on any atom is -0.497 e. The molecule has 2 aliphatic rings. The van der Waals surface area contributed by atoms with Crippen LogP contribution in [-0.2, 0) is 9.53 Å². The van der Waals surface area contributed by atoms with E-state index in [0.29, 0.717) is 11.8 Å². The van der Waals surface area contributed by atoms with E-state index < -0.39 is 0 Å². The molecule has 2 aromatic rings. The molecule has 0 saturated carbocycles. The van der Waals surface area contributed by atoms with Gasteiger partial charge >= 0.3 is 0 Å². The molecule has 0 unspecified atom stereocenters. The van der Waals surface area contributed by atoms with E-state index in [4.69, 9.17) is 19.6 Å². The van der Waals surface area contributed by atoms with Crippen LogP contribution < -0.4 is 4.74 Å². The molecule has 0 aliphatic carbocycles. The van der Waals surface area contributed by atoms with E-state index in [1.807, 2.05) is 33.8 Å². The fraction of sp³-hybridized carbons (Fsp3) is 0.571. The predicted molar refractivity (Wildman–Crippen MR) is 105 cm³/mol. The van der Waals surface area contributed by atoms with Gasteiger partial charge in [-0.2, -0.15) is 5.10 Å². The number of likely N-dealkylation sites (tertiary alicyclic amines) is 1. The molecule has 4 rings (SSSR count). The van der Waals surface area contributed by atoms with Gasteiger partial charge in [-0.25, -0.2) is 9.67 Å². The molecule has 0 radical (unpaired) electrons. The van der Waals surface area contributed by atoms with Crippen molar-refractivity contribution in [2.45, 2.75) is 44.4 Å². The Balaban J connectivity index is 1.64. The molecule has 2 fully saturated rings. The van der Waals surface area contributed by atoms with Crippen molar-refractivity contribution >= 4 is 5.91 Å². The number of hydrogen-bond donors (Lipinski definition) is 0. The zero-order chi connectivity index (χ0) is 19.5. The van der Waals surface area contributed by atoms with Crippen LogP contribution in [-0.4, -0.2) is 59.0 Å². The summed E-state index contributed by atoms with van der Waals surface area (Å²) in [4.78, 5) is 18.6. The van der Waals surface area contributed by atoms with Crippen LogP contribution in [0, 0.1) is 0 Å². The monoisotopic (exact) mass is 384 g/mol. The third-order valence-corrected chi connectivity index (χ3v) is 5.86. The van der Waals surface area contributed by atoms with Gasteiger partial charge in [-0.05, 0) is 49.9 Å². The Hall–Kier alpha value is -2.41. The van der Waals surface area contributed by atoms with Gasteiger partial charge in [-0.15, -0.1) is 0 Å². The van der Waals surface area contributed by atoms with Crippen LogP contribution in [0.2, 0.25) is 0 Å². The van der Waals surface area contributed by atoms with Gasteiger partial charge in [0.2, 0.25) is 5.91 Å². The highest BCUT2D eigenvalue weighted by molar-refractivity contribution is 5.73. The number of ether oxygens (including phenoxy) is 2. The van der Waals surface area contributed by atoms with Crippen molar-refractivity contribution in [1.82, 2.24) is 19.7 Å². The highest BCUT2D eigenvalue weighted by atomic mass is 16.5. The summed E-state index contributed by atoms with van der Waals surface area (Å²) < 4.78 is 12.8. The van der Waals surface area contributed by atoms with Crippen molar-refractivity contribution in [1.29, 1.82) is 0 Å². The van der Waals surface area contributed by atoms with E-state index in [2.05, 4.69) is 0 Å². The Morgan fingerprint density at radius 3 is 2.36 bits per heavy atom. The first-order chi connectivity index (χ1) is 13.7. The van der Waals surface area contributed by atoms with Gasteiger partial charge in [0, 0.05) is 45.1 Å². The first-order valence-electron chi connectivity index (χ1n) is 10.1. The Bertz CT molecular complexity index is 804. The van der Waals surface area contributed by atoms with Crippen molar-refractivity contribution in [3.05, 3.63) is 35.9 Å². The number of piperidine rings is 1.